The van der Waals surface area contributed by atoms with E-state index in [2.05, 4.69) is 51.1 Å². The molecule has 0 fully saturated rings. The summed E-state index contributed by atoms with van der Waals surface area (Å²) in [7, 11) is 0. The fraction of sp³-hybridized carbons (Fsp3) is 0.727. The lowest BCUT2D eigenvalue weighted by molar-refractivity contribution is -0.927. The second-order valence-electron chi connectivity index (χ2n) is 7.19. The Kier molecular flexibility index (Phi) is 11.1. The summed E-state index contributed by atoms with van der Waals surface area (Å²) in [5.41, 5.74) is 1.50. The minimum atomic E-state index is 1.24. The van der Waals surface area contributed by atoms with E-state index in [9.17, 15) is 0 Å². The number of nitrogens with zero attached hydrogens (tertiary/aromatic N) is 1. The molecule has 0 aromatic heterocycles. The van der Waals surface area contributed by atoms with Crippen molar-refractivity contribution in [2.75, 3.05) is 26.2 Å². The fourth-order valence-electron chi connectivity index (χ4n) is 3.63. The third kappa shape index (κ3) is 8.55. The maximum atomic E-state index is 2.41. The van der Waals surface area contributed by atoms with E-state index >= 15 is 0 Å². The average Bonchev–Trinajstić information content (AvgIpc) is 2.59. The van der Waals surface area contributed by atoms with Gasteiger partial charge in [-0.25, -0.2) is 0 Å². The van der Waals surface area contributed by atoms with E-state index in [4.69, 9.17) is 0 Å². The molecule has 0 aliphatic carbocycles. The van der Waals surface area contributed by atoms with Crippen LogP contribution in [-0.4, -0.2) is 30.7 Å². The maximum absolute atomic E-state index is 2.41. The third-order valence-electron chi connectivity index (χ3n) is 5.33. The van der Waals surface area contributed by atoms with E-state index in [0.29, 0.717) is 0 Å². The van der Waals surface area contributed by atoms with Crippen LogP contribution in [0.5, 0.6) is 0 Å². The van der Waals surface area contributed by atoms with Gasteiger partial charge >= 0.3 is 0 Å². The number of unbranched alkanes of at least 4 members (excludes halogenated alkanes) is 5. The highest BCUT2D eigenvalue weighted by molar-refractivity contribution is 5.14. The lowest BCUT2D eigenvalue weighted by atomic mass is 10.1. The SMILES string of the molecule is CCCCC[N+](CC)(CCCCC)CCCCc1ccccc1. The summed E-state index contributed by atoms with van der Waals surface area (Å²) in [4.78, 5) is 0. The summed E-state index contributed by atoms with van der Waals surface area (Å²) >= 11 is 0. The zero-order chi connectivity index (χ0) is 16.8. The summed E-state index contributed by atoms with van der Waals surface area (Å²) < 4.78 is 1.37. The van der Waals surface area contributed by atoms with E-state index in [-0.39, 0.29) is 0 Å². The molecule has 0 saturated carbocycles. The van der Waals surface area contributed by atoms with Crippen LogP contribution in [0.3, 0.4) is 0 Å². The molecule has 0 aliphatic rings. The Morgan fingerprint density at radius 2 is 1.17 bits per heavy atom. The molecule has 0 bridgehead atoms. The fourth-order valence-corrected chi connectivity index (χ4v) is 3.63. The van der Waals surface area contributed by atoms with Crippen molar-refractivity contribution < 1.29 is 4.48 Å². The Morgan fingerprint density at radius 1 is 0.652 bits per heavy atom. The maximum Gasteiger partial charge on any atom is 0.0786 e. The molecule has 23 heavy (non-hydrogen) atoms. The van der Waals surface area contributed by atoms with E-state index in [1.807, 2.05) is 0 Å². The van der Waals surface area contributed by atoms with Crippen LogP contribution in [0.25, 0.3) is 0 Å². The predicted octanol–water partition coefficient (Wildman–Crippen LogP) is 6.23. The normalized spacial score (nSPS) is 11.8. The standard InChI is InChI=1S/C22H40N/c1-4-7-13-19-23(6-3,20-14-8-5-2)21-15-12-18-22-16-10-9-11-17-22/h9-11,16-17H,4-8,12-15,18-21H2,1-3H3/q+1. The molecule has 0 heterocycles. The van der Waals surface area contributed by atoms with Crippen LogP contribution in [-0.2, 0) is 6.42 Å². The lowest BCUT2D eigenvalue weighted by Gasteiger charge is -2.38. The lowest BCUT2D eigenvalue weighted by Crippen LogP contribution is -2.50. The first-order valence-corrected chi connectivity index (χ1v) is 10.2. The van der Waals surface area contributed by atoms with Gasteiger partial charge in [0.25, 0.3) is 0 Å². The topological polar surface area (TPSA) is 0 Å². The highest BCUT2D eigenvalue weighted by Gasteiger charge is 2.23. The molecule has 0 atom stereocenters. The Labute approximate surface area is 145 Å². The summed E-state index contributed by atoms with van der Waals surface area (Å²) in [6, 6.07) is 11.0. The Bertz CT molecular complexity index is 361. The molecule has 1 heteroatoms. The van der Waals surface area contributed by atoms with Crippen LogP contribution in [0, 0.1) is 0 Å². The number of rotatable bonds is 14. The largest absolute Gasteiger partial charge is 0.324 e. The van der Waals surface area contributed by atoms with Gasteiger partial charge in [0.2, 0.25) is 0 Å². The van der Waals surface area contributed by atoms with Crippen molar-refractivity contribution in [3.8, 4) is 0 Å². The van der Waals surface area contributed by atoms with Crippen molar-refractivity contribution in [2.24, 2.45) is 0 Å². The minimum absolute atomic E-state index is 1.24. The van der Waals surface area contributed by atoms with E-state index in [1.165, 1.54) is 94.0 Å². The van der Waals surface area contributed by atoms with Gasteiger partial charge < -0.3 is 4.48 Å². The molecule has 1 aromatic rings. The minimum Gasteiger partial charge on any atom is -0.324 e. The van der Waals surface area contributed by atoms with Crippen molar-refractivity contribution in [1.29, 1.82) is 0 Å². The third-order valence-corrected chi connectivity index (χ3v) is 5.33. The first-order valence-electron chi connectivity index (χ1n) is 10.2. The zero-order valence-electron chi connectivity index (χ0n) is 16.0. The average molecular weight is 319 g/mol. The number of aryl methyl sites for hydroxylation is 1. The summed E-state index contributed by atoms with van der Waals surface area (Å²) in [5.74, 6) is 0. The van der Waals surface area contributed by atoms with Crippen molar-refractivity contribution >= 4 is 0 Å². The van der Waals surface area contributed by atoms with Crippen LogP contribution in [0.1, 0.15) is 77.7 Å². The van der Waals surface area contributed by atoms with Gasteiger partial charge in [-0.05, 0) is 57.4 Å². The molecule has 0 aliphatic heterocycles. The highest BCUT2D eigenvalue weighted by Crippen LogP contribution is 2.16. The molecular formula is C22H40N+. The van der Waals surface area contributed by atoms with Crippen molar-refractivity contribution in [1.82, 2.24) is 0 Å². The smallest absolute Gasteiger partial charge is 0.0786 e. The molecule has 1 nitrogen and oxygen atoms in total. The second kappa shape index (κ2) is 12.6. The molecule has 0 unspecified atom stereocenters. The molecule has 0 spiro atoms. The van der Waals surface area contributed by atoms with Crippen molar-refractivity contribution in [2.45, 2.75) is 78.6 Å². The number of quaternary nitrogens is 1. The van der Waals surface area contributed by atoms with Gasteiger partial charge in [-0.1, -0.05) is 57.0 Å². The molecule has 0 saturated heterocycles. The first-order chi connectivity index (χ1) is 11.3. The first kappa shape index (κ1) is 20.2. The predicted molar refractivity (Wildman–Crippen MR) is 104 cm³/mol. The molecule has 0 N–H and O–H groups in total. The van der Waals surface area contributed by atoms with E-state index in [1.54, 1.807) is 0 Å². The molecule has 1 rings (SSSR count). The molecular weight excluding hydrogens is 278 g/mol. The van der Waals surface area contributed by atoms with Gasteiger partial charge in [0.15, 0.2) is 0 Å². The molecule has 132 valence electrons. The number of hydrogen-bond donors (Lipinski definition) is 0. The summed E-state index contributed by atoms with van der Waals surface area (Å²) in [6.45, 7) is 12.6. The molecule has 0 amide bonds. The van der Waals surface area contributed by atoms with Gasteiger partial charge in [0.1, 0.15) is 0 Å². The molecule has 0 radical (unpaired) electrons. The van der Waals surface area contributed by atoms with Crippen LogP contribution in [0.4, 0.5) is 0 Å². The Balaban J connectivity index is 2.42. The van der Waals surface area contributed by atoms with Crippen LogP contribution in [0.15, 0.2) is 30.3 Å². The summed E-state index contributed by atoms with van der Waals surface area (Å²) in [5, 5.41) is 0. The molecule has 1 aromatic carbocycles. The van der Waals surface area contributed by atoms with Gasteiger partial charge in [-0.3, -0.25) is 0 Å². The van der Waals surface area contributed by atoms with Crippen molar-refractivity contribution in [3.63, 3.8) is 0 Å². The van der Waals surface area contributed by atoms with E-state index < -0.39 is 0 Å². The Hall–Kier alpha value is -0.820. The second-order valence-corrected chi connectivity index (χ2v) is 7.19. The Morgan fingerprint density at radius 3 is 1.65 bits per heavy atom. The van der Waals surface area contributed by atoms with Crippen molar-refractivity contribution in [3.05, 3.63) is 35.9 Å². The van der Waals surface area contributed by atoms with Gasteiger partial charge in [-0.2, -0.15) is 0 Å². The van der Waals surface area contributed by atoms with E-state index in [0.717, 1.165) is 0 Å². The number of benzene rings is 1. The van der Waals surface area contributed by atoms with Crippen LogP contribution < -0.4 is 0 Å². The van der Waals surface area contributed by atoms with Crippen LogP contribution >= 0.6 is 0 Å². The van der Waals surface area contributed by atoms with Crippen LogP contribution in [0.2, 0.25) is 0 Å². The zero-order valence-corrected chi connectivity index (χ0v) is 16.0. The van der Waals surface area contributed by atoms with Gasteiger partial charge in [-0.15, -0.1) is 0 Å². The quantitative estimate of drug-likeness (QED) is 0.282. The monoisotopic (exact) mass is 318 g/mol. The van der Waals surface area contributed by atoms with Gasteiger partial charge in [0, 0.05) is 0 Å². The highest BCUT2D eigenvalue weighted by atomic mass is 15.3. The van der Waals surface area contributed by atoms with Gasteiger partial charge in [0.05, 0.1) is 26.2 Å². The summed E-state index contributed by atoms with van der Waals surface area (Å²) in [6.07, 6.45) is 12.3. The number of hydrogen-bond acceptors (Lipinski definition) is 0.